The van der Waals surface area contributed by atoms with Gasteiger partial charge in [0.1, 0.15) is 11.4 Å². The van der Waals surface area contributed by atoms with E-state index in [4.69, 9.17) is 0 Å². The third-order valence-electron chi connectivity index (χ3n) is 5.68. The summed E-state index contributed by atoms with van der Waals surface area (Å²) in [6, 6.07) is 29.1. The second kappa shape index (κ2) is 6.16. The van der Waals surface area contributed by atoms with Crippen molar-refractivity contribution in [2.45, 2.75) is 0 Å². The van der Waals surface area contributed by atoms with E-state index in [1.165, 1.54) is 0 Å². The molecule has 4 heteroatoms. The third-order valence-corrected chi connectivity index (χ3v) is 5.68. The Morgan fingerprint density at radius 1 is 0.733 bits per heavy atom. The number of Topliss-reactive ketones (excluding diaryl/α,β-unsaturated/α-hetero) is 1. The molecule has 0 amide bonds. The number of ketones is 1. The van der Waals surface area contributed by atoms with Gasteiger partial charge < -0.3 is 9.67 Å². The van der Waals surface area contributed by atoms with Crippen LogP contribution in [0.1, 0.15) is 16.1 Å². The maximum atomic E-state index is 13.2. The van der Waals surface area contributed by atoms with Crippen LogP contribution in [0.3, 0.4) is 0 Å². The molecule has 0 saturated heterocycles. The first kappa shape index (κ1) is 16.7. The normalized spacial score (nSPS) is 13.1. The van der Waals surface area contributed by atoms with Gasteiger partial charge >= 0.3 is 0 Å². The highest BCUT2D eigenvalue weighted by atomic mass is 16.3. The van der Waals surface area contributed by atoms with E-state index in [1.54, 1.807) is 6.07 Å². The van der Waals surface area contributed by atoms with E-state index in [0.717, 1.165) is 22.0 Å². The number of benzene rings is 4. The van der Waals surface area contributed by atoms with E-state index >= 15 is 0 Å². The van der Waals surface area contributed by atoms with E-state index in [9.17, 15) is 9.90 Å². The molecular formula is C26H16N2O2. The highest BCUT2D eigenvalue weighted by Crippen LogP contribution is 2.40. The first-order valence-corrected chi connectivity index (χ1v) is 9.77. The molecule has 0 fully saturated rings. The molecule has 0 aliphatic carbocycles. The molecule has 0 bridgehead atoms. The Labute approximate surface area is 172 Å². The molecule has 1 aliphatic heterocycles. The van der Waals surface area contributed by atoms with Crippen LogP contribution >= 0.6 is 0 Å². The number of rotatable bonds is 2. The number of aromatic nitrogens is 1. The van der Waals surface area contributed by atoms with Gasteiger partial charge in [-0.3, -0.25) is 4.79 Å². The van der Waals surface area contributed by atoms with Gasteiger partial charge in [0.25, 0.3) is 0 Å². The van der Waals surface area contributed by atoms with E-state index < -0.39 is 0 Å². The highest BCUT2D eigenvalue weighted by Gasteiger charge is 2.32. The molecule has 1 aromatic heterocycles. The van der Waals surface area contributed by atoms with Crippen LogP contribution in [-0.2, 0) is 0 Å². The second-order valence-corrected chi connectivity index (χ2v) is 7.35. The predicted octanol–water partition coefficient (Wildman–Crippen LogP) is 5.81. The molecule has 4 nitrogen and oxygen atoms in total. The van der Waals surface area contributed by atoms with Crippen molar-refractivity contribution in [1.29, 1.82) is 0 Å². The summed E-state index contributed by atoms with van der Waals surface area (Å²) < 4.78 is 1.95. The molecular weight excluding hydrogens is 372 g/mol. The lowest BCUT2D eigenvalue weighted by molar-refractivity contribution is 0.106. The van der Waals surface area contributed by atoms with Crippen molar-refractivity contribution in [3.63, 3.8) is 0 Å². The summed E-state index contributed by atoms with van der Waals surface area (Å²) in [5.74, 6) is -0.108. The van der Waals surface area contributed by atoms with Crippen LogP contribution in [0.2, 0.25) is 0 Å². The van der Waals surface area contributed by atoms with E-state index in [0.29, 0.717) is 22.3 Å². The lowest BCUT2D eigenvalue weighted by Gasteiger charge is -2.13. The van der Waals surface area contributed by atoms with Crippen LogP contribution in [0, 0.1) is 0 Å². The Hall–Kier alpha value is -4.18. The third kappa shape index (κ3) is 2.22. The lowest BCUT2D eigenvalue weighted by Crippen LogP contribution is -2.16. The number of carbonyl (C=O) groups excluding carboxylic acids is 1. The maximum absolute atomic E-state index is 13.2. The van der Waals surface area contributed by atoms with Gasteiger partial charge in [-0.1, -0.05) is 60.7 Å². The van der Waals surface area contributed by atoms with E-state index in [-0.39, 0.29) is 17.2 Å². The van der Waals surface area contributed by atoms with Crippen LogP contribution in [0.25, 0.3) is 27.4 Å². The number of hydrogen-bond acceptors (Lipinski definition) is 3. The Balaban J connectivity index is 1.73. The summed E-state index contributed by atoms with van der Waals surface area (Å²) in [7, 11) is 0. The van der Waals surface area contributed by atoms with E-state index in [2.05, 4.69) is 17.1 Å². The van der Waals surface area contributed by atoms with Crippen molar-refractivity contribution in [1.82, 2.24) is 4.57 Å². The number of nitrogens with zero attached hydrogens (tertiary/aromatic N) is 2. The van der Waals surface area contributed by atoms with Crippen molar-refractivity contribution in [2.24, 2.45) is 4.99 Å². The Kier molecular flexibility index (Phi) is 3.44. The molecule has 4 aromatic carbocycles. The van der Waals surface area contributed by atoms with Gasteiger partial charge in [-0.15, -0.1) is 0 Å². The smallest absolute Gasteiger partial charge is 0.215 e. The summed E-state index contributed by atoms with van der Waals surface area (Å²) in [6.07, 6.45) is 0. The van der Waals surface area contributed by atoms with Crippen LogP contribution in [0.4, 0.5) is 5.69 Å². The predicted molar refractivity (Wildman–Crippen MR) is 119 cm³/mol. The maximum Gasteiger partial charge on any atom is 0.215 e. The first-order valence-electron chi connectivity index (χ1n) is 9.77. The minimum absolute atomic E-state index is 0.0680. The van der Waals surface area contributed by atoms with Crippen LogP contribution < -0.4 is 0 Å². The number of aliphatic imine (C=N–C) groups is 1. The summed E-state index contributed by atoms with van der Waals surface area (Å²) in [5, 5.41) is 14.0. The average Bonchev–Trinajstić information content (AvgIpc) is 3.28. The molecule has 142 valence electrons. The average molecular weight is 388 g/mol. The fraction of sp³-hybridized carbons (Fsp3) is 0. The molecule has 0 atom stereocenters. The topological polar surface area (TPSA) is 54.6 Å². The van der Waals surface area contributed by atoms with Crippen LogP contribution in [0.5, 0.6) is 5.75 Å². The molecule has 1 aliphatic rings. The highest BCUT2D eigenvalue weighted by molar-refractivity contribution is 6.55. The molecule has 2 heterocycles. The number of aromatic hydroxyl groups is 1. The molecule has 30 heavy (non-hydrogen) atoms. The van der Waals surface area contributed by atoms with Gasteiger partial charge in [-0.25, -0.2) is 4.99 Å². The molecule has 0 unspecified atom stereocenters. The van der Waals surface area contributed by atoms with Gasteiger partial charge in [-0.05, 0) is 35.7 Å². The van der Waals surface area contributed by atoms with Gasteiger partial charge in [0.15, 0.2) is 5.75 Å². The van der Waals surface area contributed by atoms with Gasteiger partial charge in [0.2, 0.25) is 5.78 Å². The van der Waals surface area contributed by atoms with E-state index in [1.807, 2.05) is 77.4 Å². The van der Waals surface area contributed by atoms with Crippen LogP contribution in [0.15, 0.2) is 96.0 Å². The fourth-order valence-corrected chi connectivity index (χ4v) is 4.32. The molecule has 0 radical (unpaired) electrons. The number of fused-ring (bicyclic) bond motifs is 3. The Bertz CT molecular complexity index is 1520. The summed E-state index contributed by atoms with van der Waals surface area (Å²) in [4.78, 5) is 17.8. The second-order valence-electron chi connectivity index (χ2n) is 7.35. The van der Waals surface area contributed by atoms with Crippen molar-refractivity contribution in [3.05, 3.63) is 102 Å². The van der Waals surface area contributed by atoms with Gasteiger partial charge in [0.05, 0.1) is 16.9 Å². The zero-order valence-electron chi connectivity index (χ0n) is 15.9. The molecule has 5 aromatic rings. The van der Waals surface area contributed by atoms with Gasteiger partial charge in [-0.2, -0.15) is 0 Å². The van der Waals surface area contributed by atoms with Crippen LogP contribution in [-0.4, -0.2) is 21.2 Å². The minimum Gasteiger partial charge on any atom is -0.505 e. The van der Waals surface area contributed by atoms with Crippen molar-refractivity contribution in [2.75, 3.05) is 0 Å². The van der Waals surface area contributed by atoms with Crippen molar-refractivity contribution in [3.8, 4) is 11.4 Å². The van der Waals surface area contributed by atoms with Gasteiger partial charge in [0, 0.05) is 16.3 Å². The molecule has 1 N–H and O–H groups in total. The zero-order valence-corrected chi connectivity index (χ0v) is 15.9. The SMILES string of the molecule is O=C1C(c2c(O)c3ccccc3n2-c2cccc3ccccc23)=Nc2ccccc21. The Morgan fingerprint density at radius 3 is 2.30 bits per heavy atom. The standard InChI is InChI=1S/C26H16N2O2/c29-25-18-11-3-5-13-20(18)27-23(25)24-26(30)19-12-4-6-14-22(19)28(24)21-15-7-9-16-8-1-2-10-17(16)21/h1-15,30H. The number of hydrogen-bond donors (Lipinski definition) is 1. The molecule has 6 rings (SSSR count). The summed E-state index contributed by atoms with van der Waals surface area (Å²) in [5.41, 5.74) is 3.60. The fourth-order valence-electron chi connectivity index (χ4n) is 4.32. The minimum atomic E-state index is -0.176. The van der Waals surface area contributed by atoms with Crippen molar-refractivity contribution < 1.29 is 9.90 Å². The summed E-state index contributed by atoms with van der Waals surface area (Å²) >= 11 is 0. The number of carbonyl (C=O) groups is 1. The monoisotopic (exact) mass is 388 g/mol. The first-order chi connectivity index (χ1) is 14.7. The lowest BCUT2D eigenvalue weighted by atomic mass is 10.1. The largest absolute Gasteiger partial charge is 0.505 e. The molecule has 0 saturated carbocycles. The Morgan fingerprint density at radius 2 is 1.43 bits per heavy atom. The van der Waals surface area contributed by atoms with Crippen molar-refractivity contribution >= 4 is 38.9 Å². The summed E-state index contributed by atoms with van der Waals surface area (Å²) in [6.45, 7) is 0. The quantitative estimate of drug-likeness (QED) is 0.415. The zero-order chi connectivity index (χ0) is 20.2. The molecule has 0 spiro atoms. The number of para-hydroxylation sites is 2.